The molecule has 1 unspecified atom stereocenters. The summed E-state index contributed by atoms with van der Waals surface area (Å²) in [6.45, 7) is 0.330. The van der Waals surface area contributed by atoms with Gasteiger partial charge in [0.25, 0.3) is 0 Å². The van der Waals surface area contributed by atoms with Gasteiger partial charge in [-0.1, -0.05) is 0 Å². The third kappa shape index (κ3) is 2.30. The third-order valence-corrected chi connectivity index (χ3v) is 2.41. The molecule has 1 aliphatic heterocycles. The first kappa shape index (κ1) is 11.3. The number of carbonyl (C=O) groups is 2. The van der Waals surface area contributed by atoms with Crippen LogP contribution in [-0.4, -0.2) is 29.8 Å². The van der Waals surface area contributed by atoms with E-state index in [4.69, 9.17) is 20.3 Å². The summed E-state index contributed by atoms with van der Waals surface area (Å²) in [5, 5.41) is 8.76. The van der Waals surface area contributed by atoms with Gasteiger partial charge in [0.1, 0.15) is 5.75 Å². The minimum atomic E-state index is -1.07. The number of benzene rings is 1. The fourth-order valence-electron chi connectivity index (χ4n) is 1.53. The van der Waals surface area contributed by atoms with Crippen LogP contribution in [0, 0.1) is 0 Å². The van der Waals surface area contributed by atoms with Gasteiger partial charge in [-0.3, -0.25) is 0 Å². The van der Waals surface area contributed by atoms with Gasteiger partial charge in [-0.2, -0.15) is 0 Å². The number of nitrogens with two attached hydrogens (primary N) is 1. The monoisotopic (exact) mass is 237 g/mol. The van der Waals surface area contributed by atoms with Crippen LogP contribution < -0.4 is 10.5 Å². The molecule has 1 heterocycles. The summed E-state index contributed by atoms with van der Waals surface area (Å²) in [5.41, 5.74) is 5.90. The van der Waals surface area contributed by atoms with Crippen molar-refractivity contribution in [1.29, 1.82) is 0 Å². The van der Waals surface area contributed by atoms with Crippen molar-refractivity contribution in [2.45, 2.75) is 12.5 Å². The van der Waals surface area contributed by atoms with Gasteiger partial charge >= 0.3 is 11.9 Å². The molecule has 0 saturated carbocycles. The lowest BCUT2D eigenvalue weighted by Crippen LogP contribution is -2.22. The largest absolute Gasteiger partial charge is 0.478 e. The number of cyclic esters (lactones) is 1. The van der Waals surface area contributed by atoms with Gasteiger partial charge in [0, 0.05) is 6.42 Å². The number of carboxylic acids is 1. The number of ether oxygens (including phenoxy) is 2. The van der Waals surface area contributed by atoms with E-state index in [0.717, 1.165) is 0 Å². The highest BCUT2D eigenvalue weighted by Gasteiger charge is 2.28. The molecule has 90 valence electrons. The molecule has 3 N–H and O–H groups in total. The van der Waals surface area contributed by atoms with E-state index in [9.17, 15) is 9.59 Å². The summed E-state index contributed by atoms with van der Waals surface area (Å²) in [6.07, 6.45) is -0.188. The van der Waals surface area contributed by atoms with Crippen molar-refractivity contribution >= 4 is 17.6 Å². The Bertz CT molecular complexity index is 471. The number of rotatable bonds is 3. The molecular formula is C11H11NO5. The molecule has 6 heteroatoms. The molecule has 1 aliphatic rings. The number of esters is 1. The lowest BCUT2D eigenvalue weighted by atomic mass is 10.2. The van der Waals surface area contributed by atoms with Crippen molar-refractivity contribution < 1.29 is 24.2 Å². The van der Waals surface area contributed by atoms with Crippen molar-refractivity contribution in [3.05, 3.63) is 23.8 Å². The fourth-order valence-corrected chi connectivity index (χ4v) is 1.53. The fraction of sp³-hybridized carbons (Fsp3) is 0.273. The zero-order valence-electron chi connectivity index (χ0n) is 8.88. The van der Waals surface area contributed by atoms with Crippen LogP contribution in [0.3, 0.4) is 0 Å². The molecule has 0 bridgehead atoms. The zero-order chi connectivity index (χ0) is 12.4. The minimum Gasteiger partial charge on any atom is -0.478 e. The third-order valence-electron chi connectivity index (χ3n) is 2.41. The van der Waals surface area contributed by atoms with Gasteiger partial charge in [-0.15, -0.1) is 0 Å². The molecule has 0 aromatic heterocycles. The smallest absolute Gasteiger partial charge is 0.347 e. The molecule has 6 nitrogen and oxygen atoms in total. The summed E-state index contributed by atoms with van der Waals surface area (Å²) in [4.78, 5) is 21.9. The van der Waals surface area contributed by atoms with Crippen molar-refractivity contribution in [2.75, 3.05) is 12.3 Å². The molecule has 0 aliphatic carbocycles. The Labute approximate surface area is 96.9 Å². The van der Waals surface area contributed by atoms with Gasteiger partial charge in [0.2, 0.25) is 0 Å². The van der Waals surface area contributed by atoms with E-state index in [1.54, 1.807) is 0 Å². The highest BCUT2D eigenvalue weighted by Crippen LogP contribution is 2.25. The molecule has 0 spiro atoms. The predicted molar refractivity (Wildman–Crippen MR) is 57.8 cm³/mol. The summed E-state index contributed by atoms with van der Waals surface area (Å²) >= 11 is 0. The minimum absolute atomic E-state index is 0.0730. The highest BCUT2D eigenvalue weighted by molar-refractivity contribution is 5.89. The second-order valence-corrected chi connectivity index (χ2v) is 3.62. The first-order chi connectivity index (χ1) is 8.08. The SMILES string of the molecule is Nc1cc(C(=O)O)ccc1OC1CCOC1=O. The summed E-state index contributed by atoms with van der Waals surface area (Å²) < 4.78 is 10.1. The lowest BCUT2D eigenvalue weighted by Gasteiger charge is -2.12. The molecular weight excluding hydrogens is 226 g/mol. The molecule has 1 aromatic rings. The van der Waals surface area contributed by atoms with Gasteiger partial charge in [0.15, 0.2) is 6.10 Å². The molecule has 0 radical (unpaired) electrons. The Morgan fingerprint density at radius 1 is 1.53 bits per heavy atom. The molecule has 0 amide bonds. The van der Waals surface area contributed by atoms with Crippen LogP contribution in [0.4, 0.5) is 5.69 Å². The topological polar surface area (TPSA) is 98.9 Å². The van der Waals surface area contributed by atoms with Crippen LogP contribution in [0.25, 0.3) is 0 Å². The van der Waals surface area contributed by atoms with Crippen LogP contribution in [0.15, 0.2) is 18.2 Å². The molecule has 17 heavy (non-hydrogen) atoms. The Hall–Kier alpha value is -2.24. The van der Waals surface area contributed by atoms with Gasteiger partial charge in [-0.05, 0) is 18.2 Å². The van der Waals surface area contributed by atoms with Crippen molar-refractivity contribution in [2.24, 2.45) is 0 Å². The summed E-state index contributed by atoms with van der Waals surface area (Å²) in [7, 11) is 0. The number of anilines is 1. The van der Waals surface area contributed by atoms with E-state index in [-0.39, 0.29) is 11.3 Å². The molecule has 1 aromatic carbocycles. The summed E-state index contributed by atoms with van der Waals surface area (Å²) in [5.74, 6) is -1.20. The quantitative estimate of drug-likeness (QED) is 0.592. The predicted octanol–water partition coefficient (Wildman–Crippen LogP) is 0.661. The number of carboxylic acid groups (broad SMARTS) is 1. The number of hydrogen-bond acceptors (Lipinski definition) is 5. The summed E-state index contributed by atoms with van der Waals surface area (Å²) in [6, 6.07) is 4.09. The maximum Gasteiger partial charge on any atom is 0.347 e. The van der Waals surface area contributed by atoms with Crippen LogP contribution in [0.1, 0.15) is 16.8 Å². The van der Waals surface area contributed by atoms with E-state index in [1.165, 1.54) is 18.2 Å². The van der Waals surface area contributed by atoms with E-state index < -0.39 is 18.0 Å². The van der Waals surface area contributed by atoms with Crippen molar-refractivity contribution in [1.82, 2.24) is 0 Å². The Kier molecular flexibility index (Phi) is 2.86. The standard InChI is InChI=1S/C11H11NO5/c12-7-5-6(10(13)14)1-2-8(7)17-9-3-4-16-11(9)15/h1-2,5,9H,3-4,12H2,(H,13,14). The molecule has 1 atom stereocenters. The average Bonchev–Trinajstić information content (AvgIpc) is 2.67. The maximum atomic E-state index is 11.2. The maximum absolute atomic E-state index is 11.2. The molecule has 1 fully saturated rings. The van der Waals surface area contributed by atoms with Gasteiger partial charge in [-0.25, -0.2) is 9.59 Å². The van der Waals surface area contributed by atoms with Gasteiger partial charge < -0.3 is 20.3 Å². The van der Waals surface area contributed by atoms with Gasteiger partial charge in [0.05, 0.1) is 17.9 Å². The van der Waals surface area contributed by atoms with Crippen LogP contribution in [0.2, 0.25) is 0 Å². The highest BCUT2D eigenvalue weighted by atomic mass is 16.6. The zero-order valence-corrected chi connectivity index (χ0v) is 8.88. The second-order valence-electron chi connectivity index (χ2n) is 3.62. The molecule has 2 rings (SSSR count). The lowest BCUT2D eigenvalue weighted by molar-refractivity contribution is -0.143. The second kappa shape index (κ2) is 4.32. The Balaban J connectivity index is 2.16. The van der Waals surface area contributed by atoms with E-state index in [0.29, 0.717) is 18.8 Å². The van der Waals surface area contributed by atoms with E-state index in [1.807, 2.05) is 0 Å². The normalized spacial score (nSPS) is 18.8. The van der Waals surface area contributed by atoms with Crippen LogP contribution in [0.5, 0.6) is 5.75 Å². The van der Waals surface area contributed by atoms with Crippen molar-refractivity contribution in [3.63, 3.8) is 0 Å². The first-order valence-corrected chi connectivity index (χ1v) is 5.04. The Morgan fingerprint density at radius 2 is 2.29 bits per heavy atom. The number of aromatic carboxylic acids is 1. The number of carbonyl (C=O) groups excluding carboxylic acids is 1. The van der Waals surface area contributed by atoms with Crippen LogP contribution in [-0.2, 0) is 9.53 Å². The van der Waals surface area contributed by atoms with Crippen molar-refractivity contribution in [3.8, 4) is 5.75 Å². The van der Waals surface area contributed by atoms with Crippen LogP contribution >= 0.6 is 0 Å². The molecule has 1 saturated heterocycles. The first-order valence-electron chi connectivity index (χ1n) is 5.04. The van der Waals surface area contributed by atoms with E-state index in [2.05, 4.69) is 0 Å². The Morgan fingerprint density at radius 3 is 2.82 bits per heavy atom. The van der Waals surface area contributed by atoms with E-state index >= 15 is 0 Å². The average molecular weight is 237 g/mol. The number of nitrogen functional groups attached to an aromatic ring is 1. The number of hydrogen-bond donors (Lipinski definition) is 2.